The maximum atomic E-state index is 2.50. The molecule has 4 aromatic rings. The van der Waals surface area contributed by atoms with Gasteiger partial charge in [-0.15, -0.1) is 0 Å². The van der Waals surface area contributed by atoms with E-state index in [1.807, 2.05) is 0 Å². The van der Waals surface area contributed by atoms with Crippen LogP contribution in [0.4, 0.5) is 0 Å². The van der Waals surface area contributed by atoms with Gasteiger partial charge in [0, 0.05) is 0 Å². The molecule has 0 radical (unpaired) electrons. The maximum absolute atomic E-state index is 2.50. The third kappa shape index (κ3) is 3.81. The molecule has 2 aliphatic carbocycles. The Morgan fingerprint density at radius 2 is 0.971 bits per heavy atom. The zero-order valence-electron chi connectivity index (χ0n) is 20.8. The van der Waals surface area contributed by atoms with Crippen molar-refractivity contribution in [1.82, 2.24) is 0 Å². The zero-order chi connectivity index (χ0) is 23.9. The van der Waals surface area contributed by atoms with Crippen molar-refractivity contribution in [2.45, 2.75) is 33.9 Å². The summed E-state index contributed by atoms with van der Waals surface area (Å²) in [6.07, 6.45) is 5.00. The van der Waals surface area contributed by atoms with E-state index in [4.69, 9.17) is 0 Å². The van der Waals surface area contributed by atoms with Crippen LogP contribution in [-0.4, -0.2) is 0 Å². The van der Waals surface area contributed by atoms with E-state index in [1.54, 1.807) is 22.3 Å². The molecule has 0 N–H and O–H groups in total. The van der Waals surface area contributed by atoms with Gasteiger partial charge < -0.3 is 0 Å². The molecule has 0 saturated heterocycles. The Morgan fingerprint density at radius 1 is 0.543 bits per heavy atom. The summed E-state index contributed by atoms with van der Waals surface area (Å²) in [6, 6.07) is 35.8. The van der Waals surface area contributed by atoms with Crippen LogP contribution in [0.5, 0.6) is 0 Å². The third-order valence-corrected chi connectivity index (χ3v) is 13.9. The van der Waals surface area contributed by atoms with Gasteiger partial charge in [-0.3, -0.25) is 0 Å². The van der Waals surface area contributed by atoms with Crippen LogP contribution in [0.15, 0.2) is 108 Å². The first kappa shape index (κ1) is 22.5. The van der Waals surface area contributed by atoms with Gasteiger partial charge in [0.15, 0.2) is 0 Å². The summed E-state index contributed by atoms with van der Waals surface area (Å²) in [4.78, 5) is 0. The van der Waals surface area contributed by atoms with Gasteiger partial charge in [0.25, 0.3) is 0 Å². The van der Waals surface area contributed by atoms with Gasteiger partial charge in [0.1, 0.15) is 0 Å². The molecule has 2 aliphatic rings. The fourth-order valence-electron chi connectivity index (χ4n) is 6.40. The Hall–Kier alpha value is -2.93. The quantitative estimate of drug-likeness (QED) is 0.246. The summed E-state index contributed by atoms with van der Waals surface area (Å²) in [7, 11) is 0. The molecule has 0 aromatic heterocycles. The minimum atomic E-state index is -1.63. The number of hydrogen-bond donors (Lipinski definition) is 0. The van der Waals surface area contributed by atoms with Gasteiger partial charge >= 0.3 is 217 Å². The number of hydrogen-bond acceptors (Lipinski definition) is 0. The second kappa shape index (κ2) is 9.27. The molecule has 0 aliphatic heterocycles. The van der Waals surface area contributed by atoms with Crippen LogP contribution < -0.4 is 0 Å². The van der Waals surface area contributed by atoms with Gasteiger partial charge in [-0.2, -0.15) is 0 Å². The molecule has 0 nitrogen and oxygen atoms in total. The molecule has 0 amide bonds. The Kier molecular flexibility index (Phi) is 5.97. The van der Waals surface area contributed by atoms with Gasteiger partial charge in [0.05, 0.1) is 0 Å². The first-order chi connectivity index (χ1) is 17.2. The van der Waals surface area contributed by atoms with Crippen molar-refractivity contribution in [2.75, 3.05) is 0 Å². The van der Waals surface area contributed by atoms with Crippen LogP contribution in [-0.2, 0) is 17.9 Å². The number of benzene rings is 4. The van der Waals surface area contributed by atoms with Crippen molar-refractivity contribution in [1.29, 1.82) is 0 Å². The Balaban J connectivity index is 1.44. The van der Waals surface area contributed by atoms with Crippen LogP contribution in [0.25, 0.3) is 34.4 Å². The predicted molar refractivity (Wildman–Crippen MR) is 147 cm³/mol. The molecule has 2 unspecified atom stereocenters. The molecule has 35 heavy (non-hydrogen) atoms. The first-order valence-electron chi connectivity index (χ1n) is 12.8. The van der Waals surface area contributed by atoms with Crippen molar-refractivity contribution < 1.29 is 17.9 Å². The van der Waals surface area contributed by atoms with Crippen molar-refractivity contribution in [2.24, 2.45) is 0 Å². The van der Waals surface area contributed by atoms with E-state index in [0.29, 0.717) is 8.45 Å². The van der Waals surface area contributed by atoms with Gasteiger partial charge in [0.2, 0.25) is 0 Å². The molecule has 0 spiro atoms. The van der Waals surface area contributed by atoms with E-state index in [-0.39, 0.29) is 0 Å². The Morgan fingerprint density at radius 3 is 1.37 bits per heavy atom. The second-order valence-electron chi connectivity index (χ2n) is 9.92. The van der Waals surface area contributed by atoms with E-state index in [0.717, 1.165) is 0 Å². The average molecular weight is 487 g/mol. The summed E-state index contributed by atoms with van der Waals surface area (Å²) in [5.41, 5.74) is 14.6. The predicted octanol–water partition coefficient (Wildman–Crippen LogP) is 9.69. The van der Waals surface area contributed by atoms with E-state index in [1.165, 1.54) is 38.1 Å². The van der Waals surface area contributed by atoms with E-state index in [9.17, 15) is 0 Å². The summed E-state index contributed by atoms with van der Waals surface area (Å²) in [6.45, 7) is 7.22. The molecule has 6 rings (SSSR count). The van der Waals surface area contributed by atoms with E-state index >= 15 is 0 Å². The topological polar surface area (TPSA) is 0 Å². The molecule has 0 heterocycles. The SMILES string of the molecule is C[CH2][Ti]([CH]1C(C)=Cc2c(-c3ccccc3)cccc21)[CH]1C(C)=Cc2c(-c3ccccc3)cccc21. The first-order valence-corrected chi connectivity index (χ1v) is 15.7. The molecule has 0 saturated carbocycles. The van der Waals surface area contributed by atoms with E-state index in [2.05, 4.69) is 130 Å². The van der Waals surface area contributed by atoms with Crippen LogP contribution in [0, 0.1) is 0 Å². The fraction of sp³-hybridized carbons (Fsp3) is 0.176. The molecular formula is C34H31Ti. The Bertz CT molecular complexity index is 1330. The van der Waals surface area contributed by atoms with Crippen LogP contribution in [0.2, 0.25) is 4.73 Å². The summed E-state index contributed by atoms with van der Waals surface area (Å²) in [5.74, 6) is 0. The van der Waals surface area contributed by atoms with E-state index < -0.39 is 17.9 Å². The monoisotopic (exact) mass is 487 g/mol. The molecule has 0 fully saturated rings. The minimum absolute atomic E-state index is 0.610. The zero-order valence-corrected chi connectivity index (χ0v) is 22.3. The molecule has 2 atom stereocenters. The molecule has 4 aromatic carbocycles. The standard InChI is InChI=1S/2C16H13.C2H5.Ti/c2*1-12-10-14-8-5-9-15(16(14)11-12)13-6-3-2-4-7-13;1-2;/h2*2-11H,1H3;1H2,2H3;. The number of rotatable bonds is 5. The third-order valence-electron chi connectivity index (χ3n) is 7.88. The van der Waals surface area contributed by atoms with Crippen molar-refractivity contribution in [3.63, 3.8) is 0 Å². The van der Waals surface area contributed by atoms with Crippen molar-refractivity contribution >= 4 is 12.2 Å². The molecule has 171 valence electrons. The van der Waals surface area contributed by atoms with Gasteiger partial charge in [-0.05, 0) is 0 Å². The van der Waals surface area contributed by atoms with Gasteiger partial charge in [-0.25, -0.2) is 0 Å². The molecule has 0 bridgehead atoms. The van der Waals surface area contributed by atoms with Crippen molar-refractivity contribution in [3.8, 4) is 22.3 Å². The van der Waals surface area contributed by atoms with Crippen LogP contribution in [0.1, 0.15) is 51.5 Å². The van der Waals surface area contributed by atoms with Crippen LogP contribution >= 0.6 is 0 Å². The fourth-order valence-corrected chi connectivity index (χ4v) is 12.3. The second-order valence-corrected chi connectivity index (χ2v) is 14.6. The summed E-state index contributed by atoms with van der Waals surface area (Å²) >= 11 is -1.63. The van der Waals surface area contributed by atoms with Crippen molar-refractivity contribution in [3.05, 3.63) is 130 Å². The number of fused-ring (bicyclic) bond motifs is 2. The number of allylic oxidation sites excluding steroid dienone is 2. The normalized spacial score (nSPS) is 18.0. The van der Waals surface area contributed by atoms with Gasteiger partial charge in [-0.1, -0.05) is 0 Å². The van der Waals surface area contributed by atoms with Crippen LogP contribution in [0.3, 0.4) is 0 Å². The molecule has 1 heteroatoms. The summed E-state index contributed by atoms with van der Waals surface area (Å²) in [5, 5.41) is 0. The summed E-state index contributed by atoms with van der Waals surface area (Å²) < 4.78 is 2.53. The average Bonchev–Trinajstić information content (AvgIpc) is 3.42. The Labute approximate surface area is 215 Å². The molecular weight excluding hydrogens is 456 g/mol.